The average Bonchev–Trinajstić information content (AvgIpc) is 3.07. The Balaban J connectivity index is 1.48. The first-order valence-electron chi connectivity index (χ1n) is 8.97. The predicted molar refractivity (Wildman–Crippen MR) is 105 cm³/mol. The third-order valence-electron chi connectivity index (χ3n) is 4.49. The molecule has 0 unspecified atom stereocenters. The molecule has 8 heteroatoms. The summed E-state index contributed by atoms with van der Waals surface area (Å²) in [5, 5.41) is 5.31. The molecule has 152 valence electrons. The van der Waals surface area contributed by atoms with Crippen LogP contribution >= 0.6 is 0 Å². The van der Waals surface area contributed by atoms with E-state index in [1.807, 2.05) is 0 Å². The first-order valence-corrected chi connectivity index (χ1v) is 8.97. The molecule has 1 aliphatic heterocycles. The van der Waals surface area contributed by atoms with Gasteiger partial charge in [-0.2, -0.15) is 13.2 Å². The number of carbonyl (C=O) groups is 2. The summed E-state index contributed by atoms with van der Waals surface area (Å²) in [5.41, 5.74) is 0.937. The number of hydrogen-bond acceptors (Lipinski definition) is 3. The molecule has 2 amide bonds. The Kier molecular flexibility index (Phi) is 4.91. The van der Waals surface area contributed by atoms with Crippen molar-refractivity contribution >= 4 is 23.2 Å². The third kappa shape index (κ3) is 4.27. The quantitative estimate of drug-likeness (QED) is 0.616. The van der Waals surface area contributed by atoms with Gasteiger partial charge in [-0.3, -0.25) is 9.59 Å². The molecule has 0 atom stereocenters. The van der Waals surface area contributed by atoms with E-state index in [0.29, 0.717) is 29.3 Å². The molecule has 0 spiro atoms. The summed E-state index contributed by atoms with van der Waals surface area (Å²) in [6.07, 6.45) is -4.20. The van der Waals surface area contributed by atoms with Crippen molar-refractivity contribution in [3.63, 3.8) is 0 Å². The molecule has 30 heavy (non-hydrogen) atoms. The number of amides is 2. The maximum Gasteiger partial charge on any atom is 0.416 e. The number of benzene rings is 3. The molecular formula is C22H15F3N2O3. The van der Waals surface area contributed by atoms with Crippen LogP contribution in [0.5, 0.6) is 11.5 Å². The largest absolute Gasteiger partial charge is 0.457 e. The van der Waals surface area contributed by atoms with Crippen LogP contribution in [0.1, 0.15) is 21.5 Å². The summed E-state index contributed by atoms with van der Waals surface area (Å²) in [6.45, 7) is 0. The number of hydrogen-bond donors (Lipinski definition) is 2. The Bertz CT molecular complexity index is 1140. The fourth-order valence-corrected chi connectivity index (χ4v) is 3.07. The van der Waals surface area contributed by atoms with Crippen molar-refractivity contribution in [3.05, 3.63) is 83.4 Å². The number of alkyl halides is 3. The zero-order valence-electron chi connectivity index (χ0n) is 15.4. The standard InChI is InChI=1S/C22H15F3N2O3/c23-22(24,25)15-4-1-3-14(9-15)21(29)26-16-5-2-6-17(11-16)30-18-8-7-13-10-20(28)27-19(13)12-18/h1-9,11-12H,10H2,(H,26,29)(H,27,28). The van der Waals surface area contributed by atoms with Gasteiger partial charge >= 0.3 is 6.18 Å². The molecule has 2 N–H and O–H groups in total. The van der Waals surface area contributed by atoms with Gasteiger partial charge in [0.25, 0.3) is 5.91 Å². The second kappa shape index (κ2) is 7.55. The molecule has 0 saturated carbocycles. The van der Waals surface area contributed by atoms with E-state index in [2.05, 4.69) is 10.6 Å². The van der Waals surface area contributed by atoms with E-state index in [1.54, 1.807) is 42.5 Å². The van der Waals surface area contributed by atoms with E-state index in [-0.39, 0.29) is 11.5 Å². The molecule has 0 fully saturated rings. The van der Waals surface area contributed by atoms with Crippen molar-refractivity contribution in [3.8, 4) is 11.5 Å². The Hall–Kier alpha value is -3.81. The summed E-state index contributed by atoms with van der Waals surface area (Å²) in [5.74, 6) is 0.165. The minimum absolute atomic E-state index is 0.0820. The number of rotatable bonds is 4. The number of nitrogens with one attached hydrogen (secondary N) is 2. The van der Waals surface area contributed by atoms with Crippen LogP contribution in [0.3, 0.4) is 0 Å². The fourth-order valence-electron chi connectivity index (χ4n) is 3.07. The molecule has 0 aromatic heterocycles. The number of anilines is 2. The van der Waals surface area contributed by atoms with Gasteiger partial charge in [-0.1, -0.05) is 18.2 Å². The maximum atomic E-state index is 12.9. The van der Waals surface area contributed by atoms with E-state index >= 15 is 0 Å². The van der Waals surface area contributed by atoms with E-state index < -0.39 is 17.6 Å². The number of fused-ring (bicyclic) bond motifs is 1. The van der Waals surface area contributed by atoms with Gasteiger partial charge in [-0.05, 0) is 42.0 Å². The van der Waals surface area contributed by atoms with Gasteiger partial charge in [0.05, 0.1) is 12.0 Å². The highest BCUT2D eigenvalue weighted by atomic mass is 19.4. The van der Waals surface area contributed by atoms with Crippen LogP contribution in [0.4, 0.5) is 24.5 Å². The predicted octanol–water partition coefficient (Wildman–Crippen LogP) is 5.24. The summed E-state index contributed by atoms with van der Waals surface area (Å²) < 4.78 is 44.3. The van der Waals surface area contributed by atoms with Crippen molar-refractivity contribution in [2.24, 2.45) is 0 Å². The zero-order chi connectivity index (χ0) is 21.3. The molecule has 0 aliphatic carbocycles. The monoisotopic (exact) mass is 412 g/mol. The topological polar surface area (TPSA) is 67.4 Å². The normalized spacial score (nSPS) is 12.8. The minimum Gasteiger partial charge on any atom is -0.457 e. The van der Waals surface area contributed by atoms with Gasteiger partial charge in [0.1, 0.15) is 11.5 Å². The van der Waals surface area contributed by atoms with E-state index in [0.717, 1.165) is 17.7 Å². The summed E-state index contributed by atoms with van der Waals surface area (Å²) in [6, 6.07) is 15.9. The number of carbonyl (C=O) groups excluding carboxylic acids is 2. The second-order valence-electron chi connectivity index (χ2n) is 6.71. The first-order chi connectivity index (χ1) is 14.3. The molecule has 1 aliphatic rings. The highest BCUT2D eigenvalue weighted by Crippen LogP contribution is 2.32. The first kappa shape index (κ1) is 19.5. The van der Waals surface area contributed by atoms with Crippen molar-refractivity contribution < 1.29 is 27.5 Å². The fraction of sp³-hybridized carbons (Fsp3) is 0.0909. The van der Waals surface area contributed by atoms with E-state index in [9.17, 15) is 22.8 Å². The Morgan fingerprint density at radius 3 is 2.53 bits per heavy atom. The van der Waals surface area contributed by atoms with Crippen LogP contribution in [-0.2, 0) is 17.4 Å². The van der Waals surface area contributed by atoms with Crippen LogP contribution in [0.2, 0.25) is 0 Å². The third-order valence-corrected chi connectivity index (χ3v) is 4.49. The lowest BCUT2D eigenvalue weighted by atomic mass is 10.1. The van der Waals surface area contributed by atoms with Gasteiger partial charge < -0.3 is 15.4 Å². The van der Waals surface area contributed by atoms with Crippen molar-refractivity contribution in [1.82, 2.24) is 0 Å². The van der Waals surface area contributed by atoms with E-state index in [1.165, 1.54) is 12.1 Å². The summed E-state index contributed by atoms with van der Waals surface area (Å²) in [4.78, 5) is 23.8. The summed E-state index contributed by atoms with van der Waals surface area (Å²) in [7, 11) is 0. The van der Waals surface area contributed by atoms with Gasteiger partial charge in [-0.15, -0.1) is 0 Å². The molecule has 0 bridgehead atoms. The molecule has 4 rings (SSSR count). The highest BCUT2D eigenvalue weighted by Gasteiger charge is 2.30. The van der Waals surface area contributed by atoms with Gasteiger partial charge in [-0.25, -0.2) is 0 Å². The van der Waals surface area contributed by atoms with Gasteiger partial charge in [0, 0.05) is 29.1 Å². The lowest BCUT2D eigenvalue weighted by Gasteiger charge is -2.11. The number of ether oxygens (including phenoxy) is 1. The second-order valence-corrected chi connectivity index (χ2v) is 6.71. The van der Waals surface area contributed by atoms with Crippen molar-refractivity contribution in [2.75, 3.05) is 10.6 Å². The SMILES string of the molecule is O=C1Cc2ccc(Oc3cccc(NC(=O)c4cccc(C(F)(F)F)c4)c3)cc2N1. The zero-order valence-corrected chi connectivity index (χ0v) is 15.4. The lowest BCUT2D eigenvalue weighted by Crippen LogP contribution is -2.13. The van der Waals surface area contributed by atoms with Crippen LogP contribution in [0.25, 0.3) is 0 Å². The average molecular weight is 412 g/mol. The Labute approximate surface area is 169 Å². The van der Waals surface area contributed by atoms with Crippen LogP contribution in [0, 0.1) is 0 Å². The van der Waals surface area contributed by atoms with Gasteiger partial charge in [0.2, 0.25) is 5.91 Å². The molecule has 5 nitrogen and oxygen atoms in total. The molecule has 3 aromatic carbocycles. The molecule has 0 radical (unpaired) electrons. The van der Waals surface area contributed by atoms with Crippen LogP contribution < -0.4 is 15.4 Å². The van der Waals surface area contributed by atoms with Crippen LogP contribution in [0.15, 0.2) is 66.7 Å². The van der Waals surface area contributed by atoms with Crippen molar-refractivity contribution in [2.45, 2.75) is 12.6 Å². The molecule has 0 saturated heterocycles. The Morgan fingerprint density at radius 1 is 0.967 bits per heavy atom. The maximum absolute atomic E-state index is 12.9. The van der Waals surface area contributed by atoms with Crippen molar-refractivity contribution in [1.29, 1.82) is 0 Å². The smallest absolute Gasteiger partial charge is 0.416 e. The molecule has 3 aromatic rings. The Morgan fingerprint density at radius 2 is 1.73 bits per heavy atom. The number of halogens is 3. The minimum atomic E-state index is -4.53. The molecular weight excluding hydrogens is 397 g/mol. The van der Waals surface area contributed by atoms with Crippen LogP contribution in [-0.4, -0.2) is 11.8 Å². The highest BCUT2D eigenvalue weighted by molar-refractivity contribution is 6.04. The summed E-state index contributed by atoms with van der Waals surface area (Å²) >= 11 is 0. The van der Waals surface area contributed by atoms with Gasteiger partial charge in [0.15, 0.2) is 0 Å². The molecule has 1 heterocycles. The van der Waals surface area contributed by atoms with E-state index in [4.69, 9.17) is 4.74 Å². The lowest BCUT2D eigenvalue weighted by molar-refractivity contribution is -0.137.